The first-order chi connectivity index (χ1) is 14.1. The van der Waals surface area contributed by atoms with Crippen LogP contribution in [0.25, 0.3) is 0 Å². The molecule has 1 atom stereocenters. The number of carboxylic acid groups (broad SMARTS) is 2. The largest absolute Gasteiger partial charge is 0.473 e. The SMILES string of the molecule is Cc1ccc(CCS(=O)c2cc(C(C)(C)C)cc(C(C)(C)C)c2)cn1.O=C(O)C(=O)O. The summed E-state index contributed by atoms with van der Waals surface area (Å²) in [6, 6.07) is 10.6. The highest BCUT2D eigenvalue weighted by atomic mass is 32.2. The Bertz CT molecular complexity index is 894. The number of benzene rings is 1. The minimum Gasteiger partial charge on any atom is -0.473 e. The highest BCUT2D eigenvalue weighted by Crippen LogP contribution is 2.31. The van der Waals surface area contributed by atoms with Gasteiger partial charge in [0.2, 0.25) is 0 Å². The molecule has 0 radical (unpaired) electrons. The Labute approximate surface area is 187 Å². The minimum absolute atomic E-state index is 0.0427. The Hall–Kier alpha value is -2.54. The lowest BCUT2D eigenvalue weighted by Crippen LogP contribution is -2.17. The van der Waals surface area contributed by atoms with Crippen molar-refractivity contribution < 1.29 is 24.0 Å². The number of aryl methyl sites for hydroxylation is 2. The van der Waals surface area contributed by atoms with Crippen molar-refractivity contribution >= 4 is 22.7 Å². The Morgan fingerprint density at radius 3 is 1.74 bits per heavy atom. The molecule has 170 valence electrons. The maximum Gasteiger partial charge on any atom is 0.414 e. The normalized spacial score (nSPS) is 12.5. The summed E-state index contributed by atoms with van der Waals surface area (Å²) in [5.74, 6) is -3.02. The van der Waals surface area contributed by atoms with Crippen LogP contribution in [0.5, 0.6) is 0 Å². The van der Waals surface area contributed by atoms with Gasteiger partial charge >= 0.3 is 11.9 Å². The Kier molecular flexibility index (Phi) is 9.11. The van der Waals surface area contributed by atoms with Gasteiger partial charge in [0.25, 0.3) is 0 Å². The van der Waals surface area contributed by atoms with Crippen LogP contribution >= 0.6 is 0 Å². The van der Waals surface area contributed by atoms with Gasteiger partial charge in [-0.15, -0.1) is 0 Å². The highest BCUT2D eigenvalue weighted by molar-refractivity contribution is 7.85. The molecule has 1 unspecified atom stereocenters. The maximum absolute atomic E-state index is 12.9. The second-order valence-electron chi connectivity index (χ2n) is 9.46. The number of pyridine rings is 1. The fourth-order valence-electron chi connectivity index (χ4n) is 2.57. The van der Waals surface area contributed by atoms with Gasteiger partial charge in [-0.3, -0.25) is 9.19 Å². The van der Waals surface area contributed by atoms with Crippen molar-refractivity contribution in [3.63, 3.8) is 0 Å². The molecule has 2 N–H and O–H groups in total. The fourth-order valence-corrected chi connectivity index (χ4v) is 3.74. The summed E-state index contributed by atoms with van der Waals surface area (Å²) in [7, 11) is -1.01. The molecule has 0 aliphatic rings. The van der Waals surface area contributed by atoms with Crippen LogP contribution in [-0.4, -0.2) is 37.1 Å². The molecule has 0 amide bonds. The van der Waals surface area contributed by atoms with Gasteiger partial charge in [0.15, 0.2) is 0 Å². The van der Waals surface area contributed by atoms with Gasteiger partial charge < -0.3 is 10.2 Å². The van der Waals surface area contributed by atoms with E-state index in [1.807, 2.05) is 19.2 Å². The predicted molar refractivity (Wildman–Crippen MR) is 123 cm³/mol. The predicted octanol–water partition coefficient (Wildman–Crippen LogP) is 4.49. The van der Waals surface area contributed by atoms with Gasteiger partial charge in [0.05, 0.1) is 10.8 Å². The lowest BCUT2D eigenvalue weighted by atomic mass is 9.81. The van der Waals surface area contributed by atoms with Crippen LogP contribution in [0.2, 0.25) is 0 Å². The summed E-state index contributed by atoms with van der Waals surface area (Å²) < 4.78 is 12.9. The van der Waals surface area contributed by atoms with Gasteiger partial charge in [0, 0.05) is 22.5 Å². The van der Waals surface area contributed by atoms with Crippen molar-refractivity contribution in [1.82, 2.24) is 4.98 Å². The van der Waals surface area contributed by atoms with Crippen LogP contribution in [0, 0.1) is 6.92 Å². The van der Waals surface area contributed by atoms with E-state index in [9.17, 15) is 4.21 Å². The van der Waals surface area contributed by atoms with Gasteiger partial charge in [0.1, 0.15) is 0 Å². The van der Waals surface area contributed by atoms with Crippen molar-refractivity contribution in [3.05, 3.63) is 58.9 Å². The van der Waals surface area contributed by atoms with E-state index in [0.717, 1.165) is 22.6 Å². The number of hydrogen-bond acceptors (Lipinski definition) is 4. The van der Waals surface area contributed by atoms with Gasteiger partial charge in [-0.2, -0.15) is 0 Å². The van der Waals surface area contributed by atoms with Crippen LogP contribution < -0.4 is 0 Å². The molecule has 1 aromatic heterocycles. The molecule has 6 nitrogen and oxygen atoms in total. The van der Waals surface area contributed by atoms with E-state index in [4.69, 9.17) is 19.8 Å². The Morgan fingerprint density at radius 2 is 1.39 bits per heavy atom. The topological polar surface area (TPSA) is 105 Å². The summed E-state index contributed by atoms with van der Waals surface area (Å²) in [6.07, 6.45) is 2.67. The van der Waals surface area contributed by atoms with E-state index in [-0.39, 0.29) is 10.8 Å². The summed E-state index contributed by atoms with van der Waals surface area (Å²) >= 11 is 0. The lowest BCUT2D eigenvalue weighted by molar-refractivity contribution is -0.159. The summed E-state index contributed by atoms with van der Waals surface area (Å²) in [5.41, 5.74) is 4.74. The van der Waals surface area contributed by atoms with Crippen molar-refractivity contribution in [2.75, 3.05) is 5.75 Å². The van der Waals surface area contributed by atoms with E-state index in [1.54, 1.807) is 0 Å². The molecule has 2 aromatic rings. The Balaban J connectivity index is 0.000000703. The second kappa shape index (κ2) is 10.7. The number of nitrogens with zero attached hydrogens (tertiary/aromatic N) is 1. The summed E-state index contributed by atoms with van der Waals surface area (Å²) in [5, 5.41) is 14.8. The smallest absolute Gasteiger partial charge is 0.414 e. The molecule has 31 heavy (non-hydrogen) atoms. The van der Waals surface area contributed by atoms with Crippen LogP contribution in [0.4, 0.5) is 0 Å². The highest BCUT2D eigenvalue weighted by Gasteiger charge is 2.21. The zero-order valence-corrected chi connectivity index (χ0v) is 20.2. The standard InChI is InChI=1S/C22H31NOS.C2H2O4/c1-16-8-9-17(15-23-16)10-11-25(24)20-13-18(21(2,3)4)12-19(14-20)22(5,6)7;3-1(4)2(5)6/h8-9,12-15H,10-11H2,1-7H3;(H,3,4)(H,5,6). The van der Waals surface area contributed by atoms with E-state index < -0.39 is 22.7 Å². The minimum atomic E-state index is -1.82. The van der Waals surface area contributed by atoms with Gasteiger partial charge in [-0.25, -0.2) is 9.59 Å². The number of aliphatic carboxylic acids is 2. The van der Waals surface area contributed by atoms with Crippen LogP contribution in [0.15, 0.2) is 41.4 Å². The molecule has 0 saturated carbocycles. The monoisotopic (exact) mass is 447 g/mol. The molecule has 0 spiro atoms. The molecule has 0 aliphatic heterocycles. The van der Waals surface area contributed by atoms with Gasteiger partial charge in [-0.1, -0.05) is 53.7 Å². The fraction of sp³-hybridized carbons (Fsp3) is 0.458. The zero-order chi connectivity index (χ0) is 24.0. The third-order valence-electron chi connectivity index (χ3n) is 4.63. The van der Waals surface area contributed by atoms with Crippen molar-refractivity contribution in [3.8, 4) is 0 Å². The summed E-state index contributed by atoms with van der Waals surface area (Å²) in [6.45, 7) is 15.2. The molecule has 0 fully saturated rings. The first-order valence-electron chi connectivity index (χ1n) is 10.0. The molecule has 1 heterocycles. The average molecular weight is 448 g/mol. The molecule has 0 aliphatic carbocycles. The van der Waals surface area contributed by atoms with Crippen LogP contribution in [-0.2, 0) is 37.6 Å². The Morgan fingerprint density at radius 1 is 0.903 bits per heavy atom. The van der Waals surface area contributed by atoms with Crippen molar-refractivity contribution in [2.24, 2.45) is 0 Å². The number of carbonyl (C=O) groups is 2. The third-order valence-corrected chi connectivity index (χ3v) is 5.97. The van der Waals surface area contributed by atoms with Crippen molar-refractivity contribution in [1.29, 1.82) is 0 Å². The molecular formula is C24H33NO5S. The van der Waals surface area contributed by atoms with Crippen molar-refractivity contribution in [2.45, 2.75) is 70.6 Å². The van der Waals surface area contributed by atoms with E-state index in [0.29, 0.717) is 5.75 Å². The molecule has 0 bridgehead atoms. The van der Waals surface area contributed by atoms with Crippen LogP contribution in [0.1, 0.15) is 63.9 Å². The molecule has 0 saturated heterocycles. The van der Waals surface area contributed by atoms with Crippen LogP contribution in [0.3, 0.4) is 0 Å². The maximum atomic E-state index is 12.9. The van der Waals surface area contributed by atoms with E-state index >= 15 is 0 Å². The quantitative estimate of drug-likeness (QED) is 0.669. The molecular weight excluding hydrogens is 414 g/mol. The zero-order valence-electron chi connectivity index (χ0n) is 19.4. The molecule has 7 heteroatoms. The second-order valence-corrected chi connectivity index (χ2v) is 11.0. The summed E-state index contributed by atoms with van der Waals surface area (Å²) in [4.78, 5) is 23.5. The van der Waals surface area contributed by atoms with Gasteiger partial charge in [-0.05, 0) is 59.1 Å². The molecule has 2 rings (SSSR count). The molecule has 1 aromatic carbocycles. The first kappa shape index (κ1) is 26.5. The van der Waals surface area contributed by atoms with E-state index in [1.165, 1.54) is 11.1 Å². The number of carboxylic acids is 2. The average Bonchev–Trinajstić information content (AvgIpc) is 2.66. The number of aromatic nitrogens is 1. The number of rotatable bonds is 4. The first-order valence-corrected chi connectivity index (χ1v) is 11.4. The third kappa shape index (κ3) is 9.00. The lowest BCUT2D eigenvalue weighted by Gasteiger charge is -2.26. The van der Waals surface area contributed by atoms with E-state index in [2.05, 4.69) is 70.8 Å². The number of hydrogen-bond donors (Lipinski definition) is 2.